The Morgan fingerprint density at radius 2 is 1.84 bits per heavy atom. The van der Waals surface area contributed by atoms with E-state index in [0.29, 0.717) is 6.42 Å². The quantitative estimate of drug-likeness (QED) is 0.768. The number of hydrogen-bond acceptors (Lipinski definition) is 3. The van der Waals surface area contributed by atoms with Gasteiger partial charge in [0.15, 0.2) is 5.78 Å². The molecule has 0 fully saturated rings. The third-order valence-electron chi connectivity index (χ3n) is 3.59. The minimum atomic E-state index is -0.325. The fourth-order valence-corrected chi connectivity index (χ4v) is 1.93. The Hall–Kier alpha value is -1.19. The zero-order valence-corrected chi connectivity index (χ0v) is 12.4. The highest BCUT2D eigenvalue weighted by molar-refractivity contribution is 5.99. The summed E-state index contributed by atoms with van der Waals surface area (Å²) >= 11 is 0. The molecule has 0 saturated heterocycles. The van der Waals surface area contributed by atoms with Crippen molar-refractivity contribution >= 4 is 5.78 Å². The number of carbonyl (C=O) groups excluding carboxylic acids is 1. The van der Waals surface area contributed by atoms with E-state index in [1.165, 1.54) is 5.56 Å². The maximum absolute atomic E-state index is 12.3. The van der Waals surface area contributed by atoms with Crippen molar-refractivity contribution in [3.8, 4) is 0 Å². The number of rotatable bonds is 7. The van der Waals surface area contributed by atoms with E-state index >= 15 is 0 Å². The Labute approximate surface area is 116 Å². The third kappa shape index (κ3) is 4.77. The highest BCUT2D eigenvalue weighted by atomic mass is 16.3. The van der Waals surface area contributed by atoms with Gasteiger partial charge in [-0.2, -0.15) is 0 Å². The molecule has 0 aliphatic rings. The van der Waals surface area contributed by atoms with Gasteiger partial charge in [0.25, 0.3) is 0 Å². The molecule has 0 aliphatic carbocycles. The molecular formula is C16H25NO2. The first kappa shape index (κ1) is 15.9. The van der Waals surface area contributed by atoms with Crippen LogP contribution in [-0.4, -0.2) is 41.5 Å². The Morgan fingerprint density at radius 1 is 1.26 bits per heavy atom. The van der Waals surface area contributed by atoms with Crippen LogP contribution >= 0.6 is 0 Å². The number of aliphatic hydroxyl groups excluding tert-OH is 1. The molecule has 1 aromatic carbocycles. The number of nitrogens with zero attached hydrogens (tertiary/aromatic N) is 1. The topological polar surface area (TPSA) is 40.5 Å². The number of hydrogen-bond donors (Lipinski definition) is 1. The zero-order chi connectivity index (χ0) is 14.4. The third-order valence-corrected chi connectivity index (χ3v) is 3.59. The molecule has 0 aromatic heterocycles. The zero-order valence-electron chi connectivity index (χ0n) is 12.4. The second kappa shape index (κ2) is 7.41. The van der Waals surface area contributed by atoms with Crippen molar-refractivity contribution in [2.24, 2.45) is 0 Å². The summed E-state index contributed by atoms with van der Waals surface area (Å²) in [5.74, 6) is 0.135. The van der Waals surface area contributed by atoms with Crippen LogP contribution in [0.5, 0.6) is 0 Å². The first-order valence-corrected chi connectivity index (χ1v) is 6.97. The molecule has 1 aromatic rings. The fraction of sp³-hybridized carbons (Fsp3) is 0.562. The summed E-state index contributed by atoms with van der Waals surface area (Å²) in [5.41, 5.74) is 2.00. The lowest BCUT2D eigenvalue weighted by atomic mass is 10.0. The molecule has 0 saturated carbocycles. The largest absolute Gasteiger partial charge is 0.393 e. The Bertz CT molecular complexity index is 398. The summed E-state index contributed by atoms with van der Waals surface area (Å²) in [6, 6.07) is 7.66. The SMILES string of the molecule is CCc1ccc(C(=O)C(C)N(C)CCC(C)O)cc1. The second-order valence-corrected chi connectivity index (χ2v) is 5.21. The summed E-state index contributed by atoms with van der Waals surface area (Å²) < 4.78 is 0. The Balaban J connectivity index is 2.64. The first-order valence-electron chi connectivity index (χ1n) is 6.97. The maximum Gasteiger partial charge on any atom is 0.179 e. The van der Waals surface area contributed by atoms with Crippen LogP contribution in [-0.2, 0) is 6.42 Å². The minimum Gasteiger partial charge on any atom is -0.393 e. The smallest absolute Gasteiger partial charge is 0.179 e. The molecule has 106 valence electrons. The molecule has 2 unspecified atom stereocenters. The summed E-state index contributed by atoms with van der Waals surface area (Å²) in [7, 11) is 1.92. The maximum atomic E-state index is 12.3. The number of aliphatic hydroxyl groups is 1. The first-order chi connectivity index (χ1) is 8.95. The van der Waals surface area contributed by atoms with Gasteiger partial charge in [-0.05, 0) is 39.3 Å². The minimum absolute atomic E-state index is 0.135. The molecular weight excluding hydrogens is 238 g/mol. The highest BCUT2D eigenvalue weighted by Gasteiger charge is 2.19. The van der Waals surface area contributed by atoms with Crippen LogP contribution in [0.4, 0.5) is 0 Å². The summed E-state index contributed by atoms with van der Waals surface area (Å²) in [6.07, 6.45) is 1.34. The van der Waals surface area contributed by atoms with Crippen LogP contribution in [0.25, 0.3) is 0 Å². The molecule has 1 rings (SSSR count). The van der Waals surface area contributed by atoms with E-state index in [1.807, 2.05) is 43.1 Å². The van der Waals surface area contributed by atoms with Crippen molar-refractivity contribution in [1.29, 1.82) is 0 Å². The van der Waals surface area contributed by atoms with Crippen molar-refractivity contribution in [2.75, 3.05) is 13.6 Å². The highest BCUT2D eigenvalue weighted by Crippen LogP contribution is 2.11. The summed E-state index contributed by atoms with van der Waals surface area (Å²) in [6.45, 7) is 6.50. The van der Waals surface area contributed by atoms with Crippen LogP contribution in [0.1, 0.15) is 43.1 Å². The lowest BCUT2D eigenvalue weighted by Gasteiger charge is -2.24. The van der Waals surface area contributed by atoms with E-state index in [-0.39, 0.29) is 17.9 Å². The molecule has 0 spiro atoms. The average molecular weight is 263 g/mol. The van der Waals surface area contributed by atoms with Gasteiger partial charge in [0.1, 0.15) is 0 Å². The number of aryl methyl sites for hydroxylation is 1. The molecule has 2 atom stereocenters. The average Bonchev–Trinajstić information content (AvgIpc) is 2.43. The van der Waals surface area contributed by atoms with Crippen LogP contribution < -0.4 is 0 Å². The van der Waals surface area contributed by atoms with Gasteiger partial charge in [-0.1, -0.05) is 31.2 Å². The molecule has 19 heavy (non-hydrogen) atoms. The van der Waals surface area contributed by atoms with Crippen molar-refractivity contribution < 1.29 is 9.90 Å². The predicted octanol–water partition coefficient (Wildman–Crippen LogP) is 2.52. The van der Waals surface area contributed by atoms with Gasteiger partial charge >= 0.3 is 0 Å². The molecule has 3 heteroatoms. The van der Waals surface area contributed by atoms with Crippen molar-refractivity contribution in [2.45, 2.75) is 45.8 Å². The second-order valence-electron chi connectivity index (χ2n) is 5.21. The van der Waals surface area contributed by atoms with Crippen molar-refractivity contribution in [1.82, 2.24) is 4.90 Å². The van der Waals surface area contributed by atoms with E-state index in [2.05, 4.69) is 6.92 Å². The lowest BCUT2D eigenvalue weighted by molar-refractivity contribution is 0.0844. The van der Waals surface area contributed by atoms with Crippen LogP contribution in [0.15, 0.2) is 24.3 Å². The summed E-state index contributed by atoms with van der Waals surface area (Å²) in [5, 5.41) is 9.28. The number of benzene rings is 1. The van der Waals surface area contributed by atoms with E-state index in [9.17, 15) is 9.90 Å². The Morgan fingerprint density at radius 3 is 2.32 bits per heavy atom. The number of likely N-dealkylation sites (N-methyl/N-ethyl adjacent to an activating group) is 1. The standard InChI is InChI=1S/C16H25NO2/c1-5-14-6-8-15(9-7-14)16(19)13(3)17(4)11-10-12(2)18/h6-9,12-13,18H,5,10-11H2,1-4H3. The molecule has 3 nitrogen and oxygen atoms in total. The molecule has 0 amide bonds. The fourth-order valence-electron chi connectivity index (χ4n) is 1.93. The predicted molar refractivity (Wildman–Crippen MR) is 78.5 cm³/mol. The van der Waals surface area contributed by atoms with Crippen molar-refractivity contribution in [3.63, 3.8) is 0 Å². The van der Waals surface area contributed by atoms with Gasteiger partial charge in [0, 0.05) is 12.1 Å². The van der Waals surface area contributed by atoms with Gasteiger partial charge < -0.3 is 5.11 Å². The van der Waals surface area contributed by atoms with Gasteiger partial charge in [-0.3, -0.25) is 9.69 Å². The van der Waals surface area contributed by atoms with Gasteiger partial charge in [0.05, 0.1) is 12.1 Å². The van der Waals surface area contributed by atoms with Crippen LogP contribution in [0.2, 0.25) is 0 Å². The molecule has 0 radical (unpaired) electrons. The number of Topliss-reactive ketones (excluding diaryl/α,β-unsaturated/α-hetero) is 1. The molecule has 0 heterocycles. The van der Waals surface area contributed by atoms with E-state index in [1.54, 1.807) is 6.92 Å². The lowest BCUT2D eigenvalue weighted by Crippen LogP contribution is -2.37. The molecule has 1 N–H and O–H groups in total. The van der Waals surface area contributed by atoms with Crippen LogP contribution in [0, 0.1) is 0 Å². The molecule has 0 bridgehead atoms. The molecule has 0 aliphatic heterocycles. The monoisotopic (exact) mass is 263 g/mol. The normalized spacial score (nSPS) is 14.4. The number of carbonyl (C=O) groups is 1. The van der Waals surface area contributed by atoms with Gasteiger partial charge in [-0.15, -0.1) is 0 Å². The van der Waals surface area contributed by atoms with Crippen LogP contribution in [0.3, 0.4) is 0 Å². The number of ketones is 1. The van der Waals surface area contributed by atoms with Crippen molar-refractivity contribution in [3.05, 3.63) is 35.4 Å². The van der Waals surface area contributed by atoms with E-state index in [0.717, 1.165) is 18.5 Å². The Kier molecular flexibility index (Phi) is 6.19. The summed E-state index contributed by atoms with van der Waals surface area (Å²) in [4.78, 5) is 14.3. The van der Waals surface area contributed by atoms with E-state index in [4.69, 9.17) is 0 Å². The van der Waals surface area contributed by atoms with Gasteiger partial charge in [-0.25, -0.2) is 0 Å². The van der Waals surface area contributed by atoms with E-state index < -0.39 is 0 Å². The van der Waals surface area contributed by atoms with Gasteiger partial charge in [0.2, 0.25) is 0 Å².